The predicted molar refractivity (Wildman–Crippen MR) is 218 cm³/mol. The number of para-hydroxylation sites is 2. The van der Waals surface area contributed by atoms with Gasteiger partial charge < -0.3 is 20.1 Å². The van der Waals surface area contributed by atoms with Crippen molar-refractivity contribution < 1.29 is 32.3 Å². The fourth-order valence-electron chi connectivity index (χ4n) is 5.31. The molecule has 6 aromatic rings. The molecule has 56 heavy (non-hydrogen) atoms. The van der Waals surface area contributed by atoms with Crippen LogP contribution >= 0.6 is 0 Å². The summed E-state index contributed by atoms with van der Waals surface area (Å²) in [6.07, 6.45) is 0. The second-order valence-corrected chi connectivity index (χ2v) is 14.6. The number of hydrogen-bond donors (Lipinski definition) is 3. The van der Waals surface area contributed by atoms with Crippen LogP contribution in [0.4, 0.5) is 11.4 Å². The van der Waals surface area contributed by atoms with Gasteiger partial charge in [0.2, 0.25) is 5.91 Å². The van der Waals surface area contributed by atoms with Crippen LogP contribution < -0.4 is 24.8 Å². The summed E-state index contributed by atoms with van der Waals surface area (Å²) in [5.41, 5.74) is 7.26. The Kier molecular flexibility index (Phi) is 13.8. The molecule has 3 N–H and O–H groups in total. The highest BCUT2D eigenvalue weighted by Gasteiger charge is 2.21. The molecular formula is C45H43N3O7S. The standard InChI is InChI=1S/C23H22N2O5S.C22H21NO2/c1-16-10-12-18(13-11-16)15-30-20-7-5-6-19(14-20)23(27)24-21-8-3-4-9-22(21)31(28,29)25-17(2)26;1-16-10-12-18(13-11-16)15-25-20-8-5-7-19(14-20)22(24)23-21-9-4-3-6-17(21)2/h3-14H,15H2,1-2H3,(H,24,27)(H,25,26);3-14H,15H2,1-2H3,(H,23,24). The van der Waals surface area contributed by atoms with Gasteiger partial charge in [-0.25, -0.2) is 13.1 Å². The van der Waals surface area contributed by atoms with E-state index in [1.165, 1.54) is 23.8 Å². The molecule has 0 spiro atoms. The quantitative estimate of drug-likeness (QED) is 0.113. The fourth-order valence-corrected chi connectivity index (χ4v) is 6.46. The van der Waals surface area contributed by atoms with E-state index in [0.29, 0.717) is 35.8 Å². The lowest BCUT2D eigenvalue weighted by Gasteiger charge is -2.12. The van der Waals surface area contributed by atoms with Crippen molar-refractivity contribution in [3.05, 3.63) is 185 Å². The van der Waals surface area contributed by atoms with E-state index >= 15 is 0 Å². The van der Waals surface area contributed by atoms with Gasteiger partial charge in [0.25, 0.3) is 21.8 Å². The monoisotopic (exact) mass is 769 g/mol. The molecule has 0 aromatic heterocycles. The van der Waals surface area contributed by atoms with Gasteiger partial charge in [0.05, 0.1) is 5.69 Å². The van der Waals surface area contributed by atoms with Crippen molar-refractivity contribution in [3.8, 4) is 11.5 Å². The molecule has 0 unspecified atom stereocenters. The molecule has 286 valence electrons. The number of nitrogens with one attached hydrogen (secondary N) is 3. The average molecular weight is 770 g/mol. The summed E-state index contributed by atoms with van der Waals surface area (Å²) in [5.74, 6) is -0.189. The highest BCUT2D eigenvalue weighted by Crippen LogP contribution is 2.23. The van der Waals surface area contributed by atoms with Gasteiger partial charge in [-0.05, 0) is 92.1 Å². The highest BCUT2D eigenvalue weighted by molar-refractivity contribution is 7.90. The molecule has 0 heterocycles. The Morgan fingerprint density at radius 1 is 0.536 bits per heavy atom. The summed E-state index contributed by atoms with van der Waals surface area (Å²) in [6, 6.07) is 43.5. The number of ether oxygens (including phenoxy) is 2. The zero-order chi connectivity index (χ0) is 40.1. The molecule has 6 rings (SSSR count). The van der Waals surface area contributed by atoms with E-state index in [-0.39, 0.29) is 16.5 Å². The van der Waals surface area contributed by atoms with Gasteiger partial charge >= 0.3 is 0 Å². The summed E-state index contributed by atoms with van der Waals surface area (Å²) in [4.78, 5) is 36.2. The summed E-state index contributed by atoms with van der Waals surface area (Å²) in [7, 11) is -4.11. The van der Waals surface area contributed by atoms with Gasteiger partial charge in [-0.3, -0.25) is 14.4 Å². The van der Waals surface area contributed by atoms with Crippen molar-refractivity contribution in [2.45, 2.75) is 45.8 Å². The molecule has 0 saturated carbocycles. The number of rotatable bonds is 12. The van der Waals surface area contributed by atoms with E-state index in [4.69, 9.17) is 9.47 Å². The first-order valence-corrected chi connectivity index (χ1v) is 19.2. The van der Waals surface area contributed by atoms with Crippen LogP contribution in [0.3, 0.4) is 0 Å². The fraction of sp³-hybridized carbons (Fsp3) is 0.133. The highest BCUT2D eigenvalue weighted by atomic mass is 32.2. The third-order valence-electron chi connectivity index (χ3n) is 8.34. The number of carbonyl (C=O) groups is 3. The van der Waals surface area contributed by atoms with Crippen LogP contribution in [0, 0.1) is 20.8 Å². The number of aryl methyl sites for hydroxylation is 3. The van der Waals surface area contributed by atoms with E-state index in [0.717, 1.165) is 34.9 Å². The van der Waals surface area contributed by atoms with Gasteiger partial charge in [0, 0.05) is 23.7 Å². The number of hydrogen-bond acceptors (Lipinski definition) is 7. The Morgan fingerprint density at radius 2 is 0.982 bits per heavy atom. The molecule has 6 aromatic carbocycles. The zero-order valence-electron chi connectivity index (χ0n) is 31.5. The first-order valence-electron chi connectivity index (χ1n) is 17.7. The molecule has 0 aliphatic rings. The van der Waals surface area contributed by atoms with Crippen LogP contribution in [-0.2, 0) is 28.0 Å². The van der Waals surface area contributed by atoms with Crippen LogP contribution in [0.25, 0.3) is 0 Å². The van der Waals surface area contributed by atoms with Crippen molar-refractivity contribution >= 4 is 39.1 Å². The largest absolute Gasteiger partial charge is 0.489 e. The second kappa shape index (κ2) is 19.0. The molecule has 0 bridgehead atoms. The van der Waals surface area contributed by atoms with Crippen molar-refractivity contribution in [2.24, 2.45) is 0 Å². The molecule has 0 atom stereocenters. The molecule has 3 amide bonds. The van der Waals surface area contributed by atoms with E-state index in [9.17, 15) is 22.8 Å². The summed E-state index contributed by atoms with van der Waals surface area (Å²) in [6.45, 7) is 7.96. The van der Waals surface area contributed by atoms with Crippen molar-refractivity contribution in [1.82, 2.24) is 4.72 Å². The number of benzene rings is 6. The first kappa shape index (κ1) is 40.5. The zero-order valence-corrected chi connectivity index (χ0v) is 32.4. The van der Waals surface area contributed by atoms with Crippen molar-refractivity contribution in [2.75, 3.05) is 10.6 Å². The van der Waals surface area contributed by atoms with Crippen LogP contribution in [0.1, 0.15) is 55.5 Å². The molecule has 0 aliphatic carbocycles. The third-order valence-corrected chi connectivity index (χ3v) is 9.83. The Balaban J connectivity index is 0.000000219. The van der Waals surface area contributed by atoms with E-state index in [1.54, 1.807) is 42.5 Å². The number of sulfonamides is 1. The van der Waals surface area contributed by atoms with Crippen LogP contribution in [0.15, 0.2) is 150 Å². The topological polar surface area (TPSA) is 140 Å². The number of amides is 3. The van der Waals surface area contributed by atoms with E-state index in [2.05, 4.69) is 29.7 Å². The minimum Gasteiger partial charge on any atom is -0.489 e. The first-order chi connectivity index (χ1) is 26.9. The lowest BCUT2D eigenvalue weighted by Crippen LogP contribution is -2.29. The maximum absolute atomic E-state index is 12.7. The number of carbonyl (C=O) groups excluding carboxylic acids is 3. The third kappa shape index (κ3) is 11.9. The Bertz CT molecular complexity index is 2410. The smallest absolute Gasteiger partial charge is 0.266 e. The summed E-state index contributed by atoms with van der Waals surface area (Å²) in [5, 5.41) is 5.53. The van der Waals surface area contributed by atoms with Crippen LogP contribution in [-0.4, -0.2) is 26.1 Å². The van der Waals surface area contributed by atoms with Crippen molar-refractivity contribution in [1.29, 1.82) is 0 Å². The lowest BCUT2D eigenvalue weighted by molar-refractivity contribution is -0.117. The average Bonchev–Trinajstić information content (AvgIpc) is 3.18. The summed E-state index contributed by atoms with van der Waals surface area (Å²) >= 11 is 0. The normalized spacial score (nSPS) is 10.6. The molecular weight excluding hydrogens is 727 g/mol. The summed E-state index contributed by atoms with van der Waals surface area (Å²) < 4.78 is 38.2. The predicted octanol–water partition coefficient (Wildman–Crippen LogP) is 8.79. The van der Waals surface area contributed by atoms with E-state index < -0.39 is 21.8 Å². The Hall–Kier alpha value is -6.72. The maximum atomic E-state index is 12.7. The van der Waals surface area contributed by atoms with Crippen molar-refractivity contribution in [3.63, 3.8) is 0 Å². The SMILES string of the molecule is CC(=O)NS(=O)(=O)c1ccccc1NC(=O)c1cccc(OCc2ccc(C)cc2)c1.Cc1ccc(COc2cccc(C(=O)Nc3ccccc3C)c2)cc1. The van der Waals surface area contributed by atoms with Gasteiger partial charge in [-0.1, -0.05) is 102 Å². The molecule has 0 aliphatic heterocycles. The van der Waals surface area contributed by atoms with Crippen LogP contribution in [0.2, 0.25) is 0 Å². The second-order valence-electron chi connectivity index (χ2n) is 13.0. The molecule has 11 heteroatoms. The van der Waals surface area contributed by atoms with Crippen LogP contribution in [0.5, 0.6) is 11.5 Å². The number of anilines is 2. The minimum absolute atomic E-state index is 0.0622. The lowest BCUT2D eigenvalue weighted by atomic mass is 10.1. The minimum atomic E-state index is -4.11. The van der Waals surface area contributed by atoms with Gasteiger partial charge in [0.1, 0.15) is 29.6 Å². The maximum Gasteiger partial charge on any atom is 0.266 e. The molecule has 0 fully saturated rings. The van der Waals surface area contributed by atoms with Gasteiger partial charge in [0.15, 0.2) is 0 Å². The Morgan fingerprint density at radius 3 is 1.46 bits per heavy atom. The Labute approximate surface area is 327 Å². The molecule has 0 saturated heterocycles. The molecule has 10 nitrogen and oxygen atoms in total. The van der Waals surface area contributed by atoms with Gasteiger partial charge in [-0.2, -0.15) is 0 Å². The van der Waals surface area contributed by atoms with E-state index in [1.807, 2.05) is 91.4 Å². The van der Waals surface area contributed by atoms with Gasteiger partial charge in [-0.15, -0.1) is 0 Å². The molecule has 0 radical (unpaired) electrons.